The quantitative estimate of drug-likeness (QED) is 0.161. The molecule has 11 rings (SSSR count). The molecule has 60 heavy (non-hydrogen) atoms. The number of rotatable bonds is 7. The maximum atomic E-state index is 5.19. The minimum Gasteiger partial charge on any atom is -0.228 e. The molecule has 2 nitrogen and oxygen atoms in total. The third kappa shape index (κ3) is 6.55. The van der Waals surface area contributed by atoms with Crippen molar-refractivity contribution in [3.8, 4) is 89.5 Å². The van der Waals surface area contributed by atoms with Gasteiger partial charge in [0.25, 0.3) is 0 Å². The number of fused-ring (bicyclic) bond motifs is 5. The lowest BCUT2D eigenvalue weighted by molar-refractivity contribution is 0.353. The standard InChI is InChI=1S/C58H44N2/c1-4-15-40(16-5-1)41-27-29-43(30-28-41)56-39-55(42-17-6-2-7-18-42)59-57(60-56)50-24-14-23-48(37-50)46-21-12-19-44(35-46)45-20-13-22-47(36-45)49-31-32-52-51-25-8-9-26-53(51)58(54(52)38-49)33-10-3-11-34-58/h1-2,4-9,12-32,35-39H,3,10-11,33-34H2. The lowest BCUT2D eigenvalue weighted by Gasteiger charge is -2.36. The maximum absolute atomic E-state index is 5.19. The molecule has 0 saturated heterocycles. The summed E-state index contributed by atoms with van der Waals surface area (Å²) in [5.74, 6) is 0.705. The van der Waals surface area contributed by atoms with Crippen LogP contribution in [-0.4, -0.2) is 9.97 Å². The molecule has 0 aliphatic heterocycles. The fourth-order valence-corrected chi connectivity index (χ4v) is 9.87. The number of benzene rings is 8. The molecule has 8 aromatic carbocycles. The first kappa shape index (κ1) is 36.0. The van der Waals surface area contributed by atoms with E-state index >= 15 is 0 Å². The molecule has 0 unspecified atom stereocenters. The summed E-state index contributed by atoms with van der Waals surface area (Å²) in [5.41, 5.74) is 20.6. The third-order valence-corrected chi connectivity index (χ3v) is 12.9. The number of hydrogen-bond donors (Lipinski definition) is 0. The van der Waals surface area contributed by atoms with Crippen LogP contribution in [0, 0.1) is 0 Å². The van der Waals surface area contributed by atoms with Crippen molar-refractivity contribution in [2.75, 3.05) is 0 Å². The zero-order chi connectivity index (χ0) is 39.9. The zero-order valence-electron chi connectivity index (χ0n) is 33.6. The number of nitrogens with zero attached hydrogens (tertiary/aromatic N) is 2. The lowest BCUT2D eigenvalue weighted by Crippen LogP contribution is -2.28. The summed E-state index contributed by atoms with van der Waals surface area (Å²) >= 11 is 0. The van der Waals surface area contributed by atoms with Crippen LogP contribution in [0.4, 0.5) is 0 Å². The topological polar surface area (TPSA) is 25.8 Å². The SMILES string of the molecule is c1ccc(-c2ccc(-c3cc(-c4ccccc4)nc(-c4cccc(-c5cccc(-c6cccc(-c7ccc8c(c7)C7(CCCCC7)c7ccccc7-8)c6)c5)c4)n3)cc2)cc1. The van der Waals surface area contributed by atoms with E-state index in [0.717, 1.165) is 39.2 Å². The van der Waals surface area contributed by atoms with Gasteiger partial charge in [-0.15, -0.1) is 0 Å². The molecule has 9 aromatic rings. The molecule has 1 saturated carbocycles. The van der Waals surface area contributed by atoms with E-state index in [0.29, 0.717) is 5.82 Å². The monoisotopic (exact) mass is 768 g/mol. The molecule has 0 radical (unpaired) electrons. The highest BCUT2D eigenvalue weighted by atomic mass is 14.9. The first-order chi connectivity index (χ1) is 29.7. The van der Waals surface area contributed by atoms with Crippen molar-refractivity contribution in [3.05, 3.63) is 217 Å². The van der Waals surface area contributed by atoms with Gasteiger partial charge in [0.05, 0.1) is 11.4 Å². The predicted molar refractivity (Wildman–Crippen MR) is 249 cm³/mol. The van der Waals surface area contributed by atoms with Crippen LogP contribution in [0.5, 0.6) is 0 Å². The molecule has 0 amide bonds. The van der Waals surface area contributed by atoms with E-state index in [1.54, 1.807) is 0 Å². The maximum Gasteiger partial charge on any atom is 0.160 e. The van der Waals surface area contributed by atoms with Crippen molar-refractivity contribution in [2.24, 2.45) is 0 Å². The second kappa shape index (κ2) is 15.2. The van der Waals surface area contributed by atoms with Crippen molar-refractivity contribution >= 4 is 0 Å². The number of hydrogen-bond acceptors (Lipinski definition) is 2. The second-order valence-electron chi connectivity index (χ2n) is 16.5. The van der Waals surface area contributed by atoms with Crippen LogP contribution >= 0.6 is 0 Å². The molecule has 0 atom stereocenters. The summed E-state index contributed by atoms with van der Waals surface area (Å²) in [6, 6.07) is 74.7. The van der Waals surface area contributed by atoms with Crippen LogP contribution in [0.3, 0.4) is 0 Å². The van der Waals surface area contributed by atoms with Gasteiger partial charge in [-0.05, 0) is 110 Å². The summed E-state index contributed by atoms with van der Waals surface area (Å²) in [7, 11) is 0. The molecule has 2 aliphatic rings. The van der Waals surface area contributed by atoms with Gasteiger partial charge in [-0.1, -0.05) is 195 Å². The van der Waals surface area contributed by atoms with Gasteiger partial charge in [-0.25, -0.2) is 9.97 Å². The zero-order valence-corrected chi connectivity index (χ0v) is 33.6. The Morgan fingerprint density at radius 1 is 0.283 bits per heavy atom. The van der Waals surface area contributed by atoms with Crippen molar-refractivity contribution in [1.29, 1.82) is 0 Å². The van der Waals surface area contributed by atoms with Crippen molar-refractivity contribution < 1.29 is 0 Å². The van der Waals surface area contributed by atoms with Gasteiger partial charge in [-0.2, -0.15) is 0 Å². The minimum atomic E-state index is 0.143. The first-order valence-electron chi connectivity index (χ1n) is 21.4. The third-order valence-electron chi connectivity index (χ3n) is 12.9. The second-order valence-corrected chi connectivity index (χ2v) is 16.5. The van der Waals surface area contributed by atoms with Gasteiger partial charge in [0.2, 0.25) is 0 Å². The van der Waals surface area contributed by atoms with Crippen molar-refractivity contribution in [2.45, 2.75) is 37.5 Å². The van der Waals surface area contributed by atoms with E-state index < -0.39 is 0 Å². The molecule has 1 spiro atoms. The molecular weight excluding hydrogens is 725 g/mol. The van der Waals surface area contributed by atoms with Gasteiger partial charge in [0.1, 0.15) is 0 Å². The average Bonchev–Trinajstić information content (AvgIpc) is 3.60. The molecule has 2 heteroatoms. The van der Waals surface area contributed by atoms with Gasteiger partial charge in [0, 0.05) is 22.1 Å². The van der Waals surface area contributed by atoms with Gasteiger partial charge in [-0.3, -0.25) is 0 Å². The largest absolute Gasteiger partial charge is 0.228 e. The van der Waals surface area contributed by atoms with Crippen LogP contribution in [0.25, 0.3) is 89.5 Å². The highest BCUT2D eigenvalue weighted by Crippen LogP contribution is 2.56. The molecule has 286 valence electrons. The summed E-state index contributed by atoms with van der Waals surface area (Å²) in [6.45, 7) is 0. The molecule has 0 N–H and O–H groups in total. The van der Waals surface area contributed by atoms with E-state index in [1.165, 1.54) is 87.7 Å². The molecule has 1 aromatic heterocycles. The Morgan fingerprint density at radius 2 is 0.700 bits per heavy atom. The van der Waals surface area contributed by atoms with Crippen LogP contribution < -0.4 is 0 Å². The fourth-order valence-electron chi connectivity index (χ4n) is 9.87. The molecule has 2 aliphatic carbocycles. The Bertz CT molecular complexity index is 2990. The van der Waals surface area contributed by atoms with Crippen LogP contribution in [0.2, 0.25) is 0 Å². The van der Waals surface area contributed by atoms with E-state index in [2.05, 4.69) is 200 Å². The van der Waals surface area contributed by atoms with Gasteiger partial charge in [0.15, 0.2) is 5.82 Å². The molecule has 1 heterocycles. The Labute approximate surface area is 353 Å². The molecule has 0 bridgehead atoms. The summed E-state index contributed by atoms with van der Waals surface area (Å²) in [6.07, 6.45) is 6.41. The lowest BCUT2D eigenvalue weighted by atomic mass is 9.67. The smallest absolute Gasteiger partial charge is 0.160 e. The van der Waals surface area contributed by atoms with Crippen LogP contribution in [-0.2, 0) is 5.41 Å². The van der Waals surface area contributed by atoms with Gasteiger partial charge < -0.3 is 0 Å². The molecular formula is C58H44N2. The Morgan fingerprint density at radius 3 is 1.32 bits per heavy atom. The van der Waals surface area contributed by atoms with Crippen LogP contribution in [0.15, 0.2) is 206 Å². The number of aromatic nitrogens is 2. The summed E-state index contributed by atoms with van der Waals surface area (Å²) in [4.78, 5) is 10.3. The van der Waals surface area contributed by atoms with E-state index in [-0.39, 0.29) is 5.41 Å². The van der Waals surface area contributed by atoms with E-state index in [1.807, 2.05) is 6.07 Å². The highest BCUT2D eigenvalue weighted by molar-refractivity contribution is 5.85. The van der Waals surface area contributed by atoms with E-state index in [9.17, 15) is 0 Å². The average molecular weight is 769 g/mol. The Kier molecular flexibility index (Phi) is 9.12. The fraction of sp³-hybridized carbons (Fsp3) is 0.103. The normalized spacial score (nSPS) is 13.8. The summed E-state index contributed by atoms with van der Waals surface area (Å²) in [5, 5.41) is 0. The summed E-state index contributed by atoms with van der Waals surface area (Å²) < 4.78 is 0. The van der Waals surface area contributed by atoms with Crippen molar-refractivity contribution in [1.82, 2.24) is 9.97 Å². The Hall–Kier alpha value is -7.16. The molecule has 1 fully saturated rings. The first-order valence-corrected chi connectivity index (χ1v) is 21.4. The Balaban J connectivity index is 0.923. The minimum absolute atomic E-state index is 0.143. The van der Waals surface area contributed by atoms with E-state index in [4.69, 9.17) is 9.97 Å². The van der Waals surface area contributed by atoms with Gasteiger partial charge >= 0.3 is 0 Å². The highest BCUT2D eigenvalue weighted by Gasteiger charge is 2.43. The predicted octanol–water partition coefficient (Wildman–Crippen LogP) is 15.4. The van der Waals surface area contributed by atoms with Crippen LogP contribution in [0.1, 0.15) is 43.2 Å². The van der Waals surface area contributed by atoms with Crippen molar-refractivity contribution in [3.63, 3.8) is 0 Å².